The van der Waals surface area contributed by atoms with Crippen LogP contribution in [0, 0.1) is 17.3 Å². The van der Waals surface area contributed by atoms with E-state index in [1.807, 2.05) is 6.92 Å². The van der Waals surface area contributed by atoms with Gasteiger partial charge in [-0.05, 0) is 55.6 Å². The maximum absolute atomic E-state index is 10.7. The Morgan fingerprint density at radius 2 is 2.12 bits per heavy atom. The van der Waals surface area contributed by atoms with E-state index in [-0.39, 0.29) is 16.9 Å². The van der Waals surface area contributed by atoms with Crippen LogP contribution in [-0.2, 0) is 4.74 Å². The fraction of sp³-hybridized carbons (Fsp3) is 0.750. The third kappa shape index (κ3) is 1.72. The Kier molecular flexibility index (Phi) is 3.05. The third-order valence-electron chi connectivity index (χ3n) is 8.04. The van der Waals surface area contributed by atoms with Gasteiger partial charge in [-0.15, -0.1) is 0 Å². The Bertz CT molecular complexity index is 728. The molecule has 136 valence electrons. The average Bonchev–Trinajstić information content (AvgIpc) is 3.09. The van der Waals surface area contributed by atoms with E-state index in [4.69, 9.17) is 10.6 Å². The quantitative estimate of drug-likeness (QED) is 0.463. The van der Waals surface area contributed by atoms with Crippen LogP contribution in [0.2, 0.25) is 0 Å². The number of aliphatic hydroxyl groups excluding tert-OH is 2. The summed E-state index contributed by atoms with van der Waals surface area (Å²) in [6.07, 6.45) is 8.52. The van der Waals surface area contributed by atoms with Crippen molar-refractivity contribution < 1.29 is 14.9 Å². The van der Waals surface area contributed by atoms with Crippen molar-refractivity contribution in [3.8, 4) is 0 Å². The van der Waals surface area contributed by atoms with Gasteiger partial charge in [0.2, 0.25) is 0 Å². The fourth-order valence-corrected chi connectivity index (χ4v) is 6.72. The van der Waals surface area contributed by atoms with Crippen molar-refractivity contribution in [2.45, 2.75) is 75.8 Å². The van der Waals surface area contributed by atoms with Gasteiger partial charge in [-0.1, -0.05) is 26.0 Å². The Hall–Kier alpha value is -1.17. The van der Waals surface area contributed by atoms with E-state index >= 15 is 0 Å². The van der Waals surface area contributed by atoms with Gasteiger partial charge in [-0.2, -0.15) is 5.10 Å². The van der Waals surface area contributed by atoms with E-state index in [1.165, 1.54) is 5.57 Å². The summed E-state index contributed by atoms with van der Waals surface area (Å²) in [5, 5.41) is 25.2. The summed E-state index contributed by atoms with van der Waals surface area (Å²) in [5.41, 5.74) is 2.52. The first kappa shape index (κ1) is 16.0. The molecule has 0 aromatic heterocycles. The Morgan fingerprint density at radius 3 is 2.88 bits per heavy atom. The van der Waals surface area contributed by atoms with Gasteiger partial charge in [0.25, 0.3) is 0 Å². The minimum absolute atomic E-state index is 0.0203. The van der Waals surface area contributed by atoms with Crippen LogP contribution in [0.15, 0.2) is 28.4 Å². The first-order valence-corrected chi connectivity index (χ1v) is 9.63. The highest BCUT2D eigenvalue weighted by molar-refractivity contribution is 5.93. The fourth-order valence-electron chi connectivity index (χ4n) is 6.72. The number of hydrazone groups is 1. The third-order valence-corrected chi connectivity index (χ3v) is 8.04. The van der Waals surface area contributed by atoms with Crippen molar-refractivity contribution in [1.29, 1.82) is 0 Å². The molecule has 0 aromatic carbocycles. The second-order valence-electron chi connectivity index (χ2n) is 9.15. The molecule has 3 aliphatic carbocycles. The number of hydrogen-bond acceptors (Lipinski definition) is 5. The molecule has 0 radical (unpaired) electrons. The van der Waals surface area contributed by atoms with Crippen LogP contribution >= 0.6 is 0 Å². The van der Waals surface area contributed by atoms with Gasteiger partial charge in [-0.3, -0.25) is 0 Å². The summed E-state index contributed by atoms with van der Waals surface area (Å²) in [4.78, 5) is 0. The summed E-state index contributed by atoms with van der Waals surface area (Å²) >= 11 is 0. The highest BCUT2D eigenvalue weighted by Gasteiger charge is 2.67. The molecule has 25 heavy (non-hydrogen) atoms. The van der Waals surface area contributed by atoms with E-state index in [2.05, 4.69) is 24.2 Å². The lowest BCUT2D eigenvalue weighted by Crippen LogP contribution is -2.58. The molecule has 5 nitrogen and oxygen atoms in total. The van der Waals surface area contributed by atoms with Crippen LogP contribution < -0.4 is 5.84 Å². The average molecular weight is 344 g/mol. The maximum atomic E-state index is 10.7. The molecule has 2 spiro atoms. The molecule has 1 saturated heterocycles. The molecule has 0 aromatic rings. The van der Waals surface area contributed by atoms with Crippen molar-refractivity contribution >= 4 is 5.71 Å². The Balaban J connectivity index is 1.65. The second kappa shape index (κ2) is 4.76. The minimum Gasteiger partial charge on any atom is -0.390 e. The first-order valence-electron chi connectivity index (χ1n) is 9.63. The zero-order chi connectivity index (χ0) is 17.6. The SMILES string of the molecule is C[C@H]1C[C@@]23CC[C@@]4(O2)C(=CC[C@]2(C)/C(=N\N)CC[C@@H]42)C=C3[C@@H](O)[C@@H]1O. The number of aliphatic hydroxyl groups is 2. The molecule has 4 N–H and O–H groups in total. The van der Waals surface area contributed by atoms with Crippen molar-refractivity contribution in [3.05, 3.63) is 23.3 Å². The molecular formula is C20H28N2O3. The molecule has 2 bridgehead atoms. The first-order chi connectivity index (χ1) is 11.9. The topological polar surface area (TPSA) is 88.1 Å². The van der Waals surface area contributed by atoms with Crippen LogP contribution in [0.4, 0.5) is 0 Å². The Labute approximate surface area is 148 Å². The smallest absolute Gasteiger partial charge is 0.104 e. The lowest BCUT2D eigenvalue weighted by Gasteiger charge is -2.54. The lowest BCUT2D eigenvalue weighted by molar-refractivity contribution is -0.158. The van der Waals surface area contributed by atoms with Gasteiger partial charge in [-0.25, -0.2) is 0 Å². The van der Waals surface area contributed by atoms with Crippen molar-refractivity contribution in [1.82, 2.24) is 0 Å². The minimum atomic E-state index is -0.821. The largest absolute Gasteiger partial charge is 0.390 e. The second-order valence-corrected chi connectivity index (χ2v) is 9.15. The number of ether oxygens (including phenoxy) is 1. The van der Waals surface area contributed by atoms with E-state index in [1.54, 1.807) is 0 Å². The molecule has 2 heterocycles. The van der Waals surface area contributed by atoms with E-state index in [9.17, 15) is 10.2 Å². The van der Waals surface area contributed by atoms with Crippen molar-refractivity contribution in [2.75, 3.05) is 0 Å². The molecule has 7 atom stereocenters. The molecular weight excluding hydrogens is 316 g/mol. The lowest BCUT2D eigenvalue weighted by atomic mass is 9.60. The van der Waals surface area contributed by atoms with Gasteiger partial charge >= 0.3 is 0 Å². The molecule has 3 fully saturated rings. The zero-order valence-corrected chi connectivity index (χ0v) is 15.0. The van der Waals surface area contributed by atoms with E-state index in [0.717, 1.165) is 49.8 Å². The molecule has 5 rings (SSSR count). The molecule has 2 aliphatic heterocycles. The predicted molar refractivity (Wildman–Crippen MR) is 94.8 cm³/mol. The Morgan fingerprint density at radius 1 is 1.32 bits per heavy atom. The van der Waals surface area contributed by atoms with Crippen LogP contribution in [0.1, 0.15) is 52.4 Å². The van der Waals surface area contributed by atoms with Crippen LogP contribution in [-0.4, -0.2) is 39.3 Å². The molecule has 0 amide bonds. The van der Waals surface area contributed by atoms with Crippen LogP contribution in [0.3, 0.4) is 0 Å². The summed E-state index contributed by atoms with van der Waals surface area (Å²) in [7, 11) is 0. The van der Waals surface area contributed by atoms with E-state index < -0.39 is 17.8 Å². The zero-order valence-electron chi connectivity index (χ0n) is 15.0. The number of nitrogens with zero attached hydrogens (tertiary/aromatic N) is 1. The van der Waals surface area contributed by atoms with Crippen LogP contribution in [0.25, 0.3) is 0 Å². The maximum Gasteiger partial charge on any atom is 0.104 e. The van der Waals surface area contributed by atoms with Gasteiger partial charge < -0.3 is 20.8 Å². The van der Waals surface area contributed by atoms with Crippen LogP contribution in [0.5, 0.6) is 0 Å². The predicted octanol–water partition coefficient (Wildman–Crippen LogP) is 2.04. The summed E-state index contributed by atoms with van der Waals surface area (Å²) in [6.45, 7) is 4.30. The normalized spacial score (nSPS) is 55.3. The summed E-state index contributed by atoms with van der Waals surface area (Å²) < 4.78 is 6.94. The highest BCUT2D eigenvalue weighted by Crippen LogP contribution is 2.66. The van der Waals surface area contributed by atoms with Gasteiger partial charge in [0.15, 0.2) is 0 Å². The summed E-state index contributed by atoms with van der Waals surface area (Å²) in [5.74, 6) is 6.12. The van der Waals surface area contributed by atoms with Crippen molar-refractivity contribution in [2.24, 2.45) is 28.2 Å². The van der Waals surface area contributed by atoms with Crippen molar-refractivity contribution in [3.63, 3.8) is 0 Å². The van der Waals surface area contributed by atoms with Gasteiger partial charge in [0.05, 0.1) is 17.3 Å². The molecule has 2 saturated carbocycles. The number of allylic oxidation sites excluding steroid dienone is 1. The molecule has 5 aliphatic rings. The number of nitrogens with two attached hydrogens (primary N) is 1. The number of hydrogen-bond donors (Lipinski definition) is 3. The number of rotatable bonds is 0. The monoisotopic (exact) mass is 344 g/mol. The molecule has 5 heteroatoms. The standard InChI is InChI=1S/C20H28N2O3/c1-11-10-19-7-8-20(25-19)12(9-13(19)17(24)16(11)23)5-6-18(2)14(20)3-4-15(18)22-21/h5,9,11,14,16-17,23-24H,3-4,6-8,10,21H2,1-2H3/b22-15-/t11-,14+,16+,17+,18-,19+,20+/m0/s1. The van der Waals surface area contributed by atoms with E-state index in [0.29, 0.717) is 5.92 Å². The highest BCUT2D eigenvalue weighted by atomic mass is 16.5. The van der Waals surface area contributed by atoms with Gasteiger partial charge in [0, 0.05) is 17.0 Å². The molecule has 0 unspecified atom stereocenters. The summed E-state index contributed by atoms with van der Waals surface area (Å²) in [6, 6.07) is 0. The van der Waals surface area contributed by atoms with Gasteiger partial charge in [0.1, 0.15) is 6.10 Å². The number of fused-ring (bicyclic) bond motifs is 1.